The van der Waals surface area contributed by atoms with Crippen LogP contribution >= 0.6 is 0 Å². The van der Waals surface area contributed by atoms with E-state index in [-0.39, 0.29) is 11.6 Å². The Labute approximate surface area is 105 Å². The summed E-state index contributed by atoms with van der Waals surface area (Å²) in [6.07, 6.45) is 3.07. The number of rotatable bonds is 4. The summed E-state index contributed by atoms with van der Waals surface area (Å²) in [5.41, 5.74) is 2.52. The molecule has 0 aliphatic heterocycles. The Bertz CT molecular complexity index is 526. The molecule has 3 nitrogen and oxygen atoms in total. The average molecular weight is 247 g/mol. The fraction of sp³-hybridized carbons (Fsp3) is 0.214. The molecule has 94 valence electrons. The highest BCUT2D eigenvalue weighted by Gasteiger charge is 2.03. The van der Waals surface area contributed by atoms with Gasteiger partial charge in [-0.3, -0.25) is 4.98 Å². The fourth-order valence-corrected chi connectivity index (χ4v) is 1.56. The van der Waals surface area contributed by atoms with Crippen molar-refractivity contribution < 1.29 is 14.2 Å². The first-order valence-corrected chi connectivity index (χ1v) is 5.61. The van der Waals surface area contributed by atoms with Gasteiger partial charge in [-0.15, -0.1) is 0 Å². The topological polar surface area (TPSA) is 42.4 Å². The van der Waals surface area contributed by atoms with E-state index < -0.39 is 0 Å². The van der Waals surface area contributed by atoms with Crippen LogP contribution in [0.3, 0.4) is 0 Å². The molecule has 18 heavy (non-hydrogen) atoms. The lowest BCUT2D eigenvalue weighted by atomic mass is 10.1. The first kappa shape index (κ1) is 12.5. The van der Waals surface area contributed by atoms with Gasteiger partial charge in [0.25, 0.3) is 0 Å². The quantitative estimate of drug-likeness (QED) is 0.903. The van der Waals surface area contributed by atoms with Crippen molar-refractivity contribution >= 4 is 0 Å². The van der Waals surface area contributed by atoms with Gasteiger partial charge in [-0.25, -0.2) is 4.39 Å². The Morgan fingerprint density at radius 3 is 2.61 bits per heavy atom. The molecule has 1 N–H and O–H groups in total. The Morgan fingerprint density at radius 2 is 1.89 bits per heavy atom. The molecule has 0 unspecified atom stereocenters. The molecule has 1 aromatic carbocycles. The van der Waals surface area contributed by atoms with Gasteiger partial charge in [-0.05, 0) is 30.2 Å². The van der Waals surface area contributed by atoms with Crippen molar-refractivity contribution in [2.45, 2.75) is 20.1 Å². The number of benzene rings is 1. The van der Waals surface area contributed by atoms with Crippen molar-refractivity contribution in [2.24, 2.45) is 0 Å². The second-order valence-electron chi connectivity index (χ2n) is 4.06. The van der Waals surface area contributed by atoms with E-state index in [1.54, 1.807) is 18.3 Å². The van der Waals surface area contributed by atoms with Gasteiger partial charge in [0.05, 0.1) is 19.4 Å². The Balaban J connectivity index is 1.92. The summed E-state index contributed by atoms with van der Waals surface area (Å²) in [5.74, 6) is -0.0929. The lowest BCUT2D eigenvalue weighted by Gasteiger charge is -2.08. The predicted molar refractivity (Wildman–Crippen MR) is 65.5 cm³/mol. The third-order valence-electron chi connectivity index (χ3n) is 2.73. The van der Waals surface area contributed by atoms with E-state index in [1.807, 2.05) is 6.92 Å². The van der Waals surface area contributed by atoms with E-state index in [0.717, 1.165) is 16.7 Å². The number of halogens is 1. The second kappa shape index (κ2) is 5.60. The molecule has 2 rings (SSSR count). The summed E-state index contributed by atoms with van der Waals surface area (Å²) in [4.78, 5) is 3.90. The smallest absolute Gasteiger partial charge is 0.137 e. The number of pyridine rings is 1. The number of aromatic nitrogens is 1. The summed E-state index contributed by atoms with van der Waals surface area (Å²) in [6, 6.07) is 6.17. The zero-order valence-electron chi connectivity index (χ0n) is 10.1. The molecule has 0 atom stereocenters. The van der Waals surface area contributed by atoms with Crippen LogP contribution in [0.1, 0.15) is 16.7 Å². The van der Waals surface area contributed by atoms with Crippen molar-refractivity contribution in [3.8, 4) is 5.75 Å². The van der Waals surface area contributed by atoms with Crippen LogP contribution in [0.25, 0.3) is 0 Å². The summed E-state index contributed by atoms with van der Waals surface area (Å²) in [6.45, 7) is 2.58. The summed E-state index contributed by atoms with van der Waals surface area (Å²) in [5, 5.41) is 9.49. The molecule has 0 aliphatic carbocycles. The Hall–Kier alpha value is -1.94. The maximum Gasteiger partial charge on any atom is 0.137 e. The molecular weight excluding hydrogens is 233 g/mol. The monoisotopic (exact) mass is 247 g/mol. The highest BCUT2D eigenvalue weighted by Crippen LogP contribution is 2.18. The van der Waals surface area contributed by atoms with Crippen molar-refractivity contribution in [2.75, 3.05) is 0 Å². The molecule has 0 fully saturated rings. The van der Waals surface area contributed by atoms with E-state index in [9.17, 15) is 9.50 Å². The van der Waals surface area contributed by atoms with Crippen LogP contribution < -0.4 is 0 Å². The number of hydrogen-bond acceptors (Lipinski definition) is 3. The van der Waals surface area contributed by atoms with Crippen LogP contribution in [-0.2, 0) is 18.0 Å². The number of ether oxygens (including phenoxy) is 1. The van der Waals surface area contributed by atoms with Crippen molar-refractivity contribution in [1.29, 1.82) is 0 Å². The van der Waals surface area contributed by atoms with Crippen LogP contribution in [0.4, 0.5) is 4.39 Å². The summed E-state index contributed by atoms with van der Waals surface area (Å²) in [7, 11) is 0. The van der Waals surface area contributed by atoms with Gasteiger partial charge < -0.3 is 9.84 Å². The summed E-state index contributed by atoms with van der Waals surface area (Å²) < 4.78 is 18.2. The molecule has 0 amide bonds. The zero-order chi connectivity index (χ0) is 13.0. The molecular formula is C14H14FNO2. The molecule has 0 saturated carbocycles. The van der Waals surface area contributed by atoms with Crippen molar-refractivity contribution in [3.05, 3.63) is 59.2 Å². The SMILES string of the molecule is Cc1c(O)cncc1COCc1ccc(F)cc1. The maximum atomic E-state index is 12.7. The van der Waals surface area contributed by atoms with Crippen LogP contribution in [0.2, 0.25) is 0 Å². The van der Waals surface area contributed by atoms with E-state index in [2.05, 4.69) is 4.98 Å². The molecule has 1 heterocycles. The fourth-order valence-electron chi connectivity index (χ4n) is 1.56. The van der Waals surface area contributed by atoms with E-state index >= 15 is 0 Å². The first-order chi connectivity index (χ1) is 8.66. The maximum absolute atomic E-state index is 12.7. The van der Waals surface area contributed by atoms with Gasteiger partial charge in [0.1, 0.15) is 11.6 Å². The summed E-state index contributed by atoms with van der Waals surface area (Å²) >= 11 is 0. The molecule has 0 aliphatic rings. The van der Waals surface area contributed by atoms with Gasteiger partial charge in [-0.2, -0.15) is 0 Å². The molecule has 0 bridgehead atoms. The normalized spacial score (nSPS) is 10.6. The zero-order valence-corrected chi connectivity index (χ0v) is 10.1. The van der Waals surface area contributed by atoms with Gasteiger partial charge in [-0.1, -0.05) is 12.1 Å². The lowest BCUT2D eigenvalue weighted by molar-refractivity contribution is 0.106. The lowest BCUT2D eigenvalue weighted by Crippen LogP contribution is -1.97. The third kappa shape index (κ3) is 3.05. The molecule has 2 aromatic rings. The predicted octanol–water partition coefficient (Wildman–Crippen LogP) is 2.95. The second-order valence-corrected chi connectivity index (χ2v) is 4.06. The average Bonchev–Trinajstić information content (AvgIpc) is 2.37. The van der Waals surface area contributed by atoms with Gasteiger partial charge in [0.2, 0.25) is 0 Å². The van der Waals surface area contributed by atoms with Crippen LogP contribution in [0, 0.1) is 12.7 Å². The standard InChI is InChI=1S/C14H14FNO2/c1-10-12(6-16-7-14(10)17)9-18-8-11-2-4-13(15)5-3-11/h2-7,17H,8-9H2,1H3. The van der Waals surface area contributed by atoms with E-state index in [1.165, 1.54) is 18.3 Å². The van der Waals surface area contributed by atoms with Gasteiger partial charge in [0, 0.05) is 11.8 Å². The van der Waals surface area contributed by atoms with Crippen LogP contribution in [-0.4, -0.2) is 10.1 Å². The molecule has 0 radical (unpaired) electrons. The molecule has 4 heteroatoms. The largest absolute Gasteiger partial charge is 0.506 e. The highest BCUT2D eigenvalue weighted by atomic mass is 19.1. The number of nitrogens with zero attached hydrogens (tertiary/aromatic N) is 1. The Morgan fingerprint density at radius 1 is 1.17 bits per heavy atom. The van der Waals surface area contributed by atoms with Crippen LogP contribution in [0.5, 0.6) is 5.75 Å². The molecule has 1 aromatic heterocycles. The van der Waals surface area contributed by atoms with E-state index in [0.29, 0.717) is 13.2 Å². The Kier molecular flexibility index (Phi) is 3.89. The van der Waals surface area contributed by atoms with Crippen LogP contribution in [0.15, 0.2) is 36.7 Å². The van der Waals surface area contributed by atoms with E-state index in [4.69, 9.17) is 4.74 Å². The molecule has 0 spiro atoms. The number of hydrogen-bond donors (Lipinski definition) is 1. The van der Waals surface area contributed by atoms with Crippen molar-refractivity contribution in [1.82, 2.24) is 4.98 Å². The minimum atomic E-state index is -0.258. The minimum Gasteiger partial charge on any atom is -0.506 e. The van der Waals surface area contributed by atoms with Crippen molar-refractivity contribution in [3.63, 3.8) is 0 Å². The van der Waals surface area contributed by atoms with Gasteiger partial charge >= 0.3 is 0 Å². The first-order valence-electron chi connectivity index (χ1n) is 5.61. The highest BCUT2D eigenvalue weighted by molar-refractivity contribution is 5.33. The van der Waals surface area contributed by atoms with Gasteiger partial charge in [0.15, 0.2) is 0 Å². The number of aromatic hydroxyl groups is 1. The minimum absolute atomic E-state index is 0.165. The third-order valence-corrected chi connectivity index (χ3v) is 2.73. The molecule has 0 saturated heterocycles.